The van der Waals surface area contributed by atoms with E-state index in [0.717, 1.165) is 0 Å². The first-order chi connectivity index (χ1) is 5.83. The van der Waals surface area contributed by atoms with Crippen LogP contribution in [-0.4, -0.2) is 5.97 Å². The second kappa shape index (κ2) is 6.56. The molecule has 0 amide bonds. The van der Waals surface area contributed by atoms with E-state index in [-0.39, 0.29) is 31.9 Å². The van der Waals surface area contributed by atoms with Crippen LogP contribution >= 0.6 is 0 Å². The van der Waals surface area contributed by atoms with E-state index in [1.807, 2.05) is 18.2 Å². The number of rotatable bonds is 3. The summed E-state index contributed by atoms with van der Waals surface area (Å²) >= 11 is 0. The summed E-state index contributed by atoms with van der Waals surface area (Å²) in [5.41, 5.74) is 0. The summed E-state index contributed by atoms with van der Waals surface area (Å²) in [6.45, 7) is 3.44. The first kappa shape index (κ1) is 12.1. The minimum Gasteiger partial charge on any atom is -0.426 e. The topological polar surface area (TPSA) is 26.3 Å². The second-order valence-corrected chi connectivity index (χ2v) is 2.28. The predicted octanol–water partition coefficient (Wildman–Crippen LogP) is 2.17. The number of ether oxygens (including phenoxy) is 1. The van der Waals surface area contributed by atoms with Crippen LogP contribution < -0.4 is 4.74 Å². The molecule has 0 fully saturated rings. The number of carbonyl (C=O) groups is 1. The molecule has 0 aliphatic rings. The quantitative estimate of drug-likeness (QED) is 0.342. The van der Waals surface area contributed by atoms with Crippen molar-refractivity contribution in [3.63, 3.8) is 0 Å². The molecule has 0 spiro atoms. The van der Waals surface area contributed by atoms with E-state index < -0.39 is 0 Å². The predicted molar refractivity (Wildman–Crippen MR) is 46.9 cm³/mol. The van der Waals surface area contributed by atoms with Gasteiger partial charge in [-0.15, -0.1) is 6.58 Å². The third-order valence-corrected chi connectivity index (χ3v) is 1.29. The van der Waals surface area contributed by atoms with E-state index >= 15 is 0 Å². The minimum atomic E-state index is -0.281. The normalized spacial score (nSPS) is 8.31. The Balaban J connectivity index is 0.00000144. The van der Waals surface area contributed by atoms with Crippen LogP contribution in [0.2, 0.25) is 0 Å². The summed E-state index contributed by atoms with van der Waals surface area (Å²) in [6.07, 6.45) is 1.76. The molecule has 0 saturated heterocycles. The van der Waals surface area contributed by atoms with Crippen LogP contribution in [0, 0.1) is 0 Å². The van der Waals surface area contributed by atoms with E-state index in [9.17, 15) is 4.79 Å². The summed E-state index contributed by atoms with van der Waals surface area (Å²) in [6, 6.07) is 8.97. The maximum absolute atomic E-state index is 10.9. The summed E-state index contributed by atoms with van der Waals surface area (Å²) < 4.78 is 4.94. The fourth-order valence-corrected chi connectivity index (χ4v) is 0.780. The van der Waals surface area contributed by atoms with Crippen molar-refractivity contribution in [1.29, 1.82) is 0 Å². The summed E-state index contributed by atoms with van der Waals surface area (Å²) in [4.78, 5) is 10.9. The van der Waals surface area contributed by atoms with E-state index in [2.05, 4.69) is 6.58 Å². The summed E-state index contributed by atoms with van der Waals surface area (Å²) in [5, 5.41) is 0. The van der Waals surface area contributed by atoms with Gasteiger partial charge in [0.1, 0.15) is 5.75 Å². The molecule has 0 unspecified atom stereocenters. The zero-order chi connectivity index (χ0) is 8.81. The van der Waals surface area contributed by atoms with Gasteiger partial charge in [0.05, 0.1) is 6.42 Å². The molecule has 1 aromatic carbocycles. The van der Waals surface area contributed by atoms with Crippen LogP contribution in [0.25, 0.3) is 0 Å². The molecule has 1 aromatic rings. The first-order valence-corrected chi connectivity index (χ1v) is 3.69. The van der Waals surface area contributed by atoms with Gasteiger partial charge in [0, 0.05) is 19.5 Å². The Kier molecular flexibility index (Phi) is 6.08. The van der Waals surface area contributed by atoms with Crippen molar-refractivity contribution in [2.24, 2.45) is 0 Å². The number of carbonyl (C=O) groups excluding carboxylic acids is 1. The van der Waals surface area contributed by atoms with Crippen LogP contribution in [-0.2, 0) is 24.3 Å². The van der Waals surface area contributed by atoms with E-state index in [4.69, 9.17) is 4.74 Å². The molecule has 0 N–H and O–H groups in total. The number of esters is 1. The van der Waals surface area contributed by atoms with Crippen molar-refractivity contribution in [2.75, 3.05) is 0 Å². The Morgan fingerprint density at radius 3 is 2.54 bits per heavy atom. The molecule has 0 aromatic heterocycles. The van der Waals surface area contributed by atoms with E-state index in [1.165, 1.54) is 6.08 Å². The maximum atomic E-state index is 10.9. The Hall–Kier alpha value is -0.947. The van der Waals surface area contributed by atoms with Gasteiger partial charge >= 0.3 is 5.97 Å². The molecule has 0 bridgehead atoms. The minimum absolute atomic E-state index is 0. The molecule has 0 heterocycles. The fourth-order valence-electron chi connectivity index (χ4n) is 0.780. The monoisotopic (exact) mass is 226 g/mol. The van der Waals surface area contributed by atoms with Gasteiger partial charge in [0.15, 0.2) is 0 Å². The largest absolute Gasteiger partial charge is 0.426 e. The van der Waals surface area contributed by atoms with Crippen LogP contribution in [0.1, 0.15) is 6.42 Å². The van der Waals surface area contributed by atoms with Crippen molar-refractivity contribution in [1.82, 2.24) is 0 Å². The molecule has 0 aliphatic carbocycles. The number of benzene rings is 1. The van der Waals surface area contributed by atoms with Gasteiger partial charge < -0.3 is 4.74 Å². The van der Waals surface area contributed by atoms with Crippen LogP contribution in [0.5, 0.6) is 5.75 Å². The molecule has 3 heteroatoms. The van der Waals surface area contributed by atoms with Crippen LogP contribution in [0.15, 0.2) is 43.0 Å². The van der Waals surface area contributed by atoms with Crippen molar-refractivity contribution in [2.45, 2.75) is 6.42 Å². The zero-order valence-corrected chi connectivity index (χ0v) is 10.4. The van der Waals surface area contributed by atoms with Gasteiger partial charge in [-0.25, -0.2) is 0 Å². The van der Waals surface area contributed by atoms with Crippen molar-refractivity contribution >= 4 is 5.97 Å². The Bertz CT molecular complexity index is 270. The molecular weight excluding hydrogens is 217 g/mol. The average molecular weight is 228 g/mol. The molecule has 0 saturated carbocycles. The van der Waals surface area contributed by atoms with E-state index in [0.29, 0.717) is 5.75 Å². The molecular formula is C10H10O2Zn. The fraction of sp³-hybridized carbons (Fsp3) is 0.100. The number of hydrogen-bond donors (Lipinski definition) is 0. The van der Waals surface area contributed by atoms with Crippen molar-refractivity contribution in [3.05, 3.63) is 43.0 Å². The Morgan fingerprint density at radius 1 is 1.38 bits per heavy atom. The number of para-hydroxylation sites is 1. The third kappa shape index (κ3) is 4.59. The van der Waals surface area contributed by atoms with Crippen molar-refractivity contribution in [3.8, 4) is 5.75 Å². The van der Waals surface area contributed by atoms with Gasteiger partial charge in [-0.1, -0.05) is 24.3 Å². The molecule has 64 valence electrons. The Morgan fingerprint density at radius 2 is 2.00 bits per heavy atom. The molecule has 1 rings (SSSR count). The van der Waals surface area contributed by atoms with Gasteiger partial charge in [0.25, 0.3) is 0 Å². The Labute approximate surface area is 90.4 Å². The SMILES string of the molecule is C=CCC(=O)Oc1ccccc1.[Zn]. The molecule has 0 aliphatic heterocycles. The van der Waals surface area contributed by atoms with Gasteiger partial charge in [-0.2, -0.15) is 0 Å². The van der Waals surface area contributed by atoms with E-state index in [1.54, 1.807) is 12.1 Å². The van der Waals surface area contributed by atoms with Gasteiger partial charge in [-0.3, -0.25) is 4.79 Å². The zero-order valence-electron chi connectivity index (χ0n) is 7.40. The third-order valence-electron chi connectivity index (χ3n) is 1.29. The molecule has 2 nitrogen and oxygen atoms in total. The standard InChI is InChI=1S/C10H10O2.Zn/c1-2-6-10(11)12-9-7-4-3-5-8-9;/h2-5,7-8H,1,6H2;. The second-order valence-electron chi connectivity index (χ2n) is 2.28. The van der Waals surface area contributed by atoms with Crippen LogP contribution in [0.3, 0.4) is 0 Å². The maximum Gasteiger partial charge on any atom is 0.315 e. The van der Waals surface area contributed by atoms with Crippen LogP contribution in [0.4, 0.5) is 0 Å². The summed E-state index contributed by atoms with van der Waals surface area (Å²) in [5.74, 6) is 0.292. The van der Waals surface area contributed by atoms with Crippen molar-refractivity contribution < 1.29 is 29.0 Å². The van der Waals surface area contributed by atoms with Gasteiger partial charge in [0.2, 0.25) is 0 Å². The first-order valence-electron chi connectivity index (χ1n) is 3.69. The smallest absolute Gasteiger partial charge is 0.315 e. The number of hydrogen-bond acceptors (Lipinski definition) is 2. The average Bonchev–Trinajstić information content (AvgIpc) is 2.06. The molecule has 0 atom stereocenters. The molecule has 13 heavy (non-hydrogen) atoms. The molecule has 0 radical (unpaired) electrons. The summed E-state index contributed by atoms with van der Waals surface area (Å²) in [7, 11) is 0. The van der Waals surface area contributed by atoms with Gasteiger partial charge in [-0.05, 0) is 12.1 Å².